The van der Waals surface area contributed by atoms with E-state index in [1.165, 1.54) is 0 Å². The van der Waals surface area contributed by atoms with E-state index in [9.17, 15) is 9.59 Å². The molecule has 2 amide bonds. The first kappa shape index (κ1) is 22.2. The molecule has 0 unspecified atom stereocenters. The molecular formula is C22H27IN2O3. The Hall–Kier alpha value is -2.09. The lowest BCUT2D eigenvalue weighted by atomic mass is 10.1. The third-order valence-corrected chi connectivity index (χ3v) is 5.03. The Bertz CT molecular complexity index is 750. The third-order valence-electron chi connectivity index (χ3n) is 4.31. The molecule has 0 fully saturated rings. The van der Waals surface area contributed by atoms with Gasteiger partial charge >= 0.3 is 0 Å². The number of hydrogen-bond acceptors (Lipinski definition) is 3. The summed E-state index contributed by atoms with van der Waals surface area (Å²) in [7, 11) is 0. The molecule has 0 heterocycles. The summed E-state index contributed by atoms with van der Waals surface area (Å²) in [5.41, 5.74) is 0.979. The van der Waals surface area contributed by atoms with E-state index in [-0.39, 0.29) is 18.4 Å². The Morgan fingerprint density at radius 2 is 1.75 bits per heavy atom. The fraction of sp³-hybridized carbons (Fsp3) is 0.364. The van der Waals surface area contributed by atoms with Gasteiger partial charge in [-0.25, -0.2) is 0 Å². The molecule has 1 N–H and O–H groups in total. The van der Waals surface area contributed by atoms with Crippen LogP contribution < -0.4 is 10.1 Å². The van der Waals surface area contributed by atoms with Gasteiger partial charge < -0.3 is 15.0 Å². The largest absolute Gasteiger partial charge is 0.484 e. The first-order valence-electron chi connectivity index (χ1n) is 9.54. The summed E-state index contributed by atoms with van der Waals surface area (Å²) in [6.45, 7) is 4.78. The topological polar surface area (TPSA) is 58.6 Å². The van der Waals surface area contributed by atoms with Gasteiger partial charge in [0.2, 0.25) is 5.91 Å². The van der Waals surface area contributed by atoms with Crippen LogP contribution in [0, 0.1) is 3.57 Å². The van der Waals surface area contributed by atoms with Crippen molar-refractivity contribution in [2.75, 3.05) is 13.2 Å². The van der Waals surface area contributed by atoms with E-state index < -0.39 is 6.04 Å². The summed E-state index contributed by atoms with van der Waals surface area (Å²) in [6.07, 6.45) is 1.39. The van der Waals surface area contributed by atoms with Crippen molar-refractivity contribution in [2.45, 2.75) is 39.3 Å². The number of carbonyl (C=O) groups is 2. The molecule has 1 atom stereocenters. The molecular weight excluding hydrogens is 467 g/mol. The van der Waals surface area contributed by atoms with Gasteiger partial charge in [0.05, 0.1) is 0 Å². The first-order chi connectivity index (χ1) is 13.5. The molecule has 0 aliphatic heterocycles. The van der Waals surface area contributed by atoms with Crippen LogP contribution in [0.25, 0.3) is 0 Å². The summed E-state index contributed by atoms with van der Waals surface area (Å²) < 4.78 is 6.77. The molecule has 0 saturated heterocycles. The second-order valence-electron chi connectivity index (χ2n) is 6.46. The summed E-state index contributed by atoms with van der Waals surface area (Å²) in [4.78, 5) is 27.2. The Labute approximate surface area is 180 Å². The standard InChI is InChI=1S/C22H27IN2O3/c1-3-14-24-22(27)20(4-2)25(15-17-8-6-5-7-9-17)21(26)16-28-19-12-10-18(23)11-13-19/h5-13,20H,3-4,14-16H2,1-2H3,(H,24,27)/t20-/m0/s1. The molecule has 0 saturated carbocycles. The van der Waals surface area contributed by atoms with Crippen molar-refractivity contribution >= 4 is 34.4 Å². The number of amides is 2. The zero-order valence-corrected chi connectivity index (χ0v) is 18.5. The van der Waals surface area contributed by atoms with Gasteiger partial charge in [0.1, 0.15) is 11.8 Å². The number of rotatable bonds is 10. The highest BCUT2D eigenvalue weighted by Gasteiger charge is 2.28. The molecule has 6 heteroatoms. The minimum atomic E-state index is -0.528. The summed E-state index contributed by atoms with van der Waals surface area (Å²) in [5, 5.41) is 2.91. The fourth-order valence-corrected chi connectivity index (χ4v) is 3.18. The average Bonchev–Trinajstić information content (AvgIpc) is 2.72. The van der Waals surface area contributed by atoms with Crippen LogP contribution in [-0.2, 0) is 16.1 Å². The summed E-state index contributed by atoms with van der Waals surface area (Å²) >= 11 is 2.22. The number of hydrogen-bond donors (Lipinski definition) is 1. The molecule has 0 radical (unpaired) electrons. The van der Waals surface area contributed by atoms with E-state index in [2.05, 4.69) is 27.9 Å². The normalized spacial score (nSPS) is 11.5. The second-order valence-corrected chi connectivity index (χ2v) is 7.71. The second kappa shape index (κ2) is 11.7. The number of nitrogens with one attached hydrogen (secondary N) is 1. The van der Waals surface area contributed by atoms with Crippen molar-refractivity contribution in [3.8, 4) is 5.75 Å². The van der Waals surface area contributed by atoms with Crippen LogP contribution in [0.4, 0.5) is 0 Å². The van der Waals surface area contributed by atoms with E-state index in [0.29, 0.717) is 25.3 Å². The quantitative estimate of drug-likeness (QED) is 0.508. The highest BCUT2D eigenvalue weighted by Crippen LogP contribution is 2.16. The minimum Gasteiger partial charge on any atom is -0.484 e. The average molecular weight is 494 g/mol. The monoisotopic (exact) mass is 494 g/mol. The van der Waals surface area contributed by atoms with Gasteiger partial charge in [0.25, 0.3) is 5.91 Å². The number of carbonyl (C=O) groups excluding carboxylic acids is 2. The number of halogens is 1. The SMILES string of the molecule is CCCNC(=O)[C@H](CC)N(Cc1ccccc1)C(=O)COc1ccc(I)cc1. The lowest BCUT2D eigenvalue weighted by Gasteiger charge is -2.30. The summed E-state index contributed by atoms with van der Waals surface area (Å²) in [6, 6.07) is 16.7. The zero-order valence-electron chi connectivity index (χ0n) is 16.4. The Morgan fingerprint density at radius 1 is 1.07 bits per heavy atom. The maximum atomic E-state index is 13.0. The van der Waals surface area contributed by atoms with Crippen LogP contribution in [0.5, 0.6) is 5.75 Å². The fourth-order valence-electron chi connectivity index (χ4n) is 2.82. The molecule has 2 aromatic carbocycles. The maximum absolute atomic E-state index is 13.0. The van der Waals surface area contributed by atoms with E-state index in [0.717, 1.165) is 15.6 Å². The Morgan fingerprint density at radius 3 is 2.36 bits per heavy atom. The predicted molar refractivity (Wildman–Crippen MR) is 119 cm³/mol. The molecule has 150 valence electrons. The van der Waals surface area contributed by atoms with Crippen LogP contribution in [0.1, 0.15) is 32.3 Å². The van der Waals surface area contributed by atoms with E-state index in [1.54, 1.807) is 4.90 Å². The predicted octanol–water partition coefficient (Wildman–Crippen LogP) is 4.00. The van der Waals surface area contributed by atoms with Gasteiger partial charge in [0.15, 0.2) is 6.61 Å². The van der Waals surface area contributed by atoms with Crippen LogP contribution >= 0.6 is 22.6 Å². The molecule has 0 aliphatic carbocycles. The number of ether oxygens (including phenoxy) is 1. The van der Waals surface area contributed by atoms with Crippen molar-refractivity contribution in [1.29, 1.82) is 0 Å². The van der Waals surface area contributed by atoms with Crippen LogP contribution in [0.15, 0.2) is 54.6 Å². The highest BCUT2D eigenvalue weighted by atomic mass is 127. The van der Waals surface area contributed by atoms with E-state index in [1.807, 2.05) is 68.4 Å². The maximum Gasteiger partial charge on any atom is 0.261 e. The molecule has 5 nitrogen and oxygen atoms in total. The molecule has 0 bridgehead atoms. The Balaban J connectivity index is 2.14. The van der Waals surface area contributed by atoms with Gasteiger partial charge in [-0.3, -0.25) is 9.59 Å². The van der Waals surface area contributed by atoms with Crippen molar-refractivity contribution in [3.05, 3.63) is 63.7 Å². The zero-order chi connectivity index (χ0) is 20.4. The van der Waals surface area contributed by atoms with Gasteiger partial charge in [-0.15, -0.1) is 0 Å². The molecule has 0 aromatic heterocycles. The van der Waals surface area contributed by atoms with Crippen LogP contribution in [0.2, 0.25) is 0 Å². The molecule has 0 spiro atoms. The van der Waals surface area contributed by atoms with Gasteiger partial charge in [-0.1, -0.05) is 44.2 Å². The van der Waals surface area contributed by atoms with E-state index in [4.69, 9.17) is 4.74 Å². The van der Waals surface area contributed by atoms with Crippen LogP contribution in [-0.4, -0.2) is 35.9 Å². The van der Waals surface area contributed by atoms with Gasteiger partial charge in [-0.05, 0) is 65.3 Å². The highest BCUT2D eigenvalue weighted by molar-refractivity contribution is 14.1. The third kappa shape index (κ3) is 6.82. The first-order valence-corrected chi connectivity index (χ1v) is 10.6. The van der Waals surface area contributed by atoms with Crippen LogP contribution in [0.3, 0.4) is 0 Å². The van der Waals surface area contributed by atoms with Gasteiger partial charge in [-0.2, -0.15) is 0 Å². The minimum absolute atomic E-state index is 0.106. The molecule has 2 aromatic rings. The van der Waals surface area contributed by atoms with Crippen molar-refractivity contribution < 1.29 is 14.3 Å². The van der Waals surface area contributed by atoms with Crippen molar-refractivity contribution in [2.24, 2.45) is 0 Å². The number of nitrogens with zero attached hydrogens (tertiary/aromatic N) is 1. The summed E-state index contributed by atoms with van der Waals surface area (Å²) in [5.74, 6) is 0.306. The molecule has 2 rings (SSSR count). The van der Waals surface area contributed by atoms with Gasteiger partial charge in [0, 0.05) is 16.7 Å². The molecule has 0 aliphatic rings. The smallest absolute Gasteiger partial charge is 0.261 e. The van der Waals surface area contributed by atoms with Crippen molar-refractivity contribution in [3.63, 3.8) is 0 Å². The lowest BCUT2D eigenvalue weighted by Crippen LogP contribution is -2.50. The van der Waals surface area contributed by atoms with Crippen molar-refractivity contribution in [1.82, 2.24) is 10.2 Å². The van der Waals surface area contributed by atoms with E-state index >= 15 is 0 Å². The Kier molecular flexibility index (Phi) is 9.27. The molecule has 28 heavy (non-hydrogen) atoms. The lowest BCUT2D eigenvalue weighted by molar-refractivity contribution is -0.143. The number of benzene rings is 2.